The highest BCUT2D eigenvalue weighted by Crippen LogP contribution is 2.40. The number of hydrogen-bond donors (Lipinski definition) is 0. The van der Waals surface area contributed by atoms with Gasteiger partial charge in [0.15, 0.2) is 16.9 Å². The molecule has 0 aliphatic heterocycles. The van der Waals surface area contributed by atoms with Crippen LogP contribution in [0.1, 0.15) is 12.5 Å². The van der Waals surface area contributed by atoms with Crippen molar-refractivity contribution in [2.24, 2.45) is 0 Å². The van der Waals surface area contributed by atoms with Crippen molar-refractivity contribution in [3.05, 3.63) is 72.6 Å². The van der Waals surface area contributed by atoms with E-state index in [0.717, 1.165) is 33.4 Å². The molecule has 6 heteroatoms. The highest BCUT2D eigenvalue weighted by atomic mass is 127. The molecule has 0 spiro atoms. The smallest absolute Gasteiger partial charge is 0.195 e. The molecule has 0 radical (unpaired) electrons. The molecule has 27 heavy (non-hydrogen) atoms. The zero-order chi connectivity index (χ0) is 19.4. The van der Waals surface area contributed by atoms with Crippen molar-refractivity contribution in [3.8, 4) is 22.3 Å². The maximum absolute atomic E-state index is 13.2. The highest BCUT2D eigenvalue weighted by molar-refractivity contribution is 14.1. The highest BCUT2D eigenvalue weighted by Gasteiger charge is 2.31. The minimum atomic E-state index is -4.36. The summed E-state index contributed by atoms with van der Waals surface area (Å²) in [5, 5.41) is 0. The summed E-state index contributed by atoms with van der Waals surface area (Å²) < 4.78 is 42.4. The first-order valence-corrected chi connectivity index (χ1v) is 10.9. The van der Waals surface area contributed by atoms with Crippen LogP contribution in [-0.4, -0.2) is 5.75 Å². The molecule has 1 nitrogen and oxygen atoms in total. The molecule has 1 heterocycles. The Morgan fingerprint density at radius 3 is 2.15 bits per heavy atom. The summed E-state index contributed by atoms with van der Waals surface area (Å²) in [7, 11) is 0. The summed E-state index contributed by atoms with van der Waals surface area (Å²) in [4.78, 5) is 1.00. The number of aromatic nitrogens is 1. The van der Waals surface area contributed by atoms with Crippen LogP contribution < -0.4 is 4.57 Å². The number of alkyl halides is 4. The van der Waals surface area contributed by atoms with Crippen LogP contribution in [0.25, 0.3) is 22.3 Å². The molecule has 3 rings (SSSR count). The lowest BCUT2D eigenvalue weighted by Gasteiger charge is -2.14. The van der Waals surface area contributed by atoms with Crippen molar-refractivity contribution in [2.45, 2.75) is 22.5 Å². The zero-order valence-electron chi connectivity index (χ0n) is 14.6. The second-order valence-electron chi connectivity index (χ2n) is 5.93. The van der Waals surface area contributed by atoms with E-state index < -0.39 is 11.7 Å². The molecule has 0 unspecified atom stereocenters. The van der Waals surface area contributed by atoms with E-state index in [-0.39, 0.29) is 0 Å². The van der Waals surface area contributed by atoms with Crippen LogP contribution in [0.3, 0.4) is 0 Å². The lowest BCUT2D eigenvalue weighted by atomic mass is 10.00. The van der Waals surface area contributed by atoms with Crippen molar-refractivity contribution in [1.29, 1.82) is 0 Å². The van der Waals surface area contributed by atoms with Crippen LogP contribution in [0.4, 0.5) is 13.2 Å². The van der Waals surface area contributed by atoms with Gasteiger partial charge in [0, 0.05) is 4.90 Å². The molecule has 0 saturated carbocycles. The third-order valence-electron chi connectivity index (χ3n) is 4.09. The van der Waals surface area contributed by atoms with E-state index in [1.807, 2.05) is 41.1 Å². The summed E-state index contributed by atoms with van der Waals surface area (Å²) in [5.74, 6) is 0.833. The molecule has 0 N–H and O–H groups in total. The predicted octanol–water partition coefficient (Wildman–Crippen LogP) is 6.83. The Kier molecular flexibility index (Phi) is 6.47. The molecule has 0 aliphatic rings. The fourth-order valence-corrected chi connectivity index (χ4v) is 4.23. The van der Waals surface area contributed by atoms with Crippen LogP contribution in [-0.2, 0) is 10.7 Å². The standard InChI is InChI=1S/C21H18F3INS/c1-2-27-20-18(15-7-4-3-5-8-15)12-26(14-25)13-19(20)16-9-6-10-17(11-16)21(22,23)24/h3-13H,2,14H2,1H3/q+1. The quantitative estimate of drug-likeness (QED) is 0.161. The number of pyridine rings is 1. The van der Waals surface area contributed by atoms with E-state index in [4.69, 9.17) is 0 Å². The fourth-order valence-electron chi connectivity index (χ4n) is 2.89. The third-order valence-corrected chi connectivity index (χ3v) is 5.90. The maximum Gasteiger partial charge on any atom is 0.416 e. The lowest BCUT2D eigenvalue weighted by Crippen LogP contribution is -2.30. The number of thioether (sulfide) groups is 1. The third kappa shape index (κ3) is 4.66. The van der Waals surface area contributed by atoms with E-state index in [2.05, 4.69) is 35.7 Å². The number of rotatable bonds is 5. The molecular formula is C21H18F3INS+. The maximum atomic E-state index is 13.2. The Balaban J connectivity index is 2.26. The summed E-state index contributed by atoms with van der Waals surface area (Å²) in [6.45, 7) is 2.05. The van der Waals surface area contributed by atoms with Crippen molar-refractivity contribution < 1.29 is 17.7 Å². The van der Waals surface area contributed by atoms with Crippen LogP contribution in [0.15, 0.2) is 71.9 Å². The lowest BCUT2D eigenvalue weighted by molar-refractivity contribution is -0.670. The number of halogens is 4. The SMILES string of the molecule is CCSc1c(-c2ccccc2)c[n+](CI)cc1-c1cccc(C(F)(F)F)c1. The van der Waals surface area contributed by atoms with E-state index in [1.54, 1.807) is 17.8 Å². The minimum Gasteiger partial charge on any atom is -0.195 e. The van der Waals surface area contributed by atoms with Gasteiger partial charge >= 0.3 is 6.18 Å². The number of hydrogen-bond acceptors (Lipinski definition) is 1. The van der Waals surface area contributed by atoms with Gasteiger partial charge in [0.1, 0.15) is 0 Å². The van der Waals surface area contributed by atoms with Crippen LogP contribution in [0, 0.1) is 0 Å². The largest absolute Gasteiger partial charge is 0.416 e. The zero-order valence-corrected chi connectivity index (χ0v) is 17.6. The van der Waals surface area contributed by atoms with E-state index in [1.165, 1.54) is 12.1 Å². The molecule has 2 aromatic carbocycles. The Hall–Kier alpha value is -1.54. The topological polar surface area (TPSA) is 3.88 Å². The van der Waals surface area contributed by atoms with Crippen molar-refractivity contribution in [1.82, 2.24) is 0 Å². The molecule has 0 atom stereocenters. The van der Waals surface area contributed by atoms with Crippen LogP contribution in [0.2, 0.25) is 0 Å². The molecular weight excluding hydrogens is 482 g/mol. The van der Waals surface area contributed by atoms with Crippen molar-refractivity contribution in [3.63, 3.8) is 0 Å². The first kappa shape index (κ1) is 20.2. The predicted molar refractivity (Wildman–Crippen MR) is 113 cm³/mol. The average Bonchev–Trinajstić information content (AvgIpc) is 2.68. The summed E-state index contributed by atoms with van der Waals surface area (Å²) in [5.41, 5.74) is 2.87. The molecule has 0 bridgehead atoms. The minimum absolute atomic E-state index is 0.581. The van der Waals surface area contributed by atoms with Gasteiger partial charge in [0.2, 0.25) is 0 Å². The van der Waals surface area contributed by atoms with Crippen LogP contribution in [0.5, 0.6) is 0 Å². The first-order valence-electron chi connectivity index (χ1n) is 8.43. The molecule has 140 valence electrons. The molecule has 0 amide bonds. The molecule has 0 aliphatic carbocycles. The van der Waals surface area contributed by atoms with Gasteiger partial charge in [-0.1, -0.05) is 49.4 Å². The Morgan fingerprint density at radius 2 is 1.56 bits per heavy atom. The monoisotopic (exact) mass is 500 g/mol. The molecule has 1 aromatic heterocycles. The average molecular weight is 500 g/mol. The normalized spacial score (nSPS) is 11.6. The Labute approximate surface area is 174 Å². The Bertz CT molecular complexity index is 926. The van der Waals surface area contributed by atoms with Crippen molar-refractivity contribution >= 4 is 34.4 Å². The molecule has 0 fully saturated rings. The van der Waals surface area contributed by atoms with Crippen LogP contribution >= 0.6 is 34.4 Å². The summed E-state index contributed by atoms with van der Waals surface area (Å²) in [6.07, 6.45) is -0.354. The first-order chi connectivity index (χ1) is 12.9. The summed E-state index contributed by atoms with van der Waals surface area (Å²) in [6, 6.07) is 15.5. The van der Waals surface area contributed by atoms with Gasteiger partial charge in [-0.15, -0.1) is 11.8 Å². The van der Waals surface area contributed by atoms with Gasteiger partial charge in [0.05, 0.1) is 16.7 Å². The second-order valence-corrected chi connectivity index (χ2v) is 7.88. The summed E-state index contributed by atoms with van der Waals surface area (Å²) >= 11 is 3.91. The van der Waals surface area contributed by atoms with Gasteiger partial charge in [-0.05, 0) is 51.6 Å². The van der Waals surface area contributed by atoms with Gasteiger partial charge in [-0.2, -0.15) is 17.7 Å². The number of benzene rings is 2. The molecule has 3 aromatic rings. The Morgan fingerprint density at radius 1 is 0.926 bits per heavy atom. The fraction of sp³-hybridized carbons (Fsp3) is 0.190. The van der Waals surface area contributed by atoms with Gasteiger partial charge < -0.3 is 0 Å². The van der Waals surface area contributed by atoms with E-state index >= 15 is 0 Å². The van der Waals surface area contributed by atoms with Gasteiger partial charge in [-0.3, -0.25) is 0 Å². The number of nitrogens with zero attached hydrogens (tertiary/aromatic N) is 1. The van der Waals surface area contributed by atoms with Gasteiger partial charge in [0.25, 0.3) is 0 Å². The van der Waals surface area contributed by atoms with Crippen molar-refractivity contribution in [2.75, 3.05) is 5.75 Å². The van der Waals surface area contributed by atoms with E-state index in [0.29, 0.717) is 10.1 Å². The molecule has 0 saturated heterocycles. The second kappa shape index (κ2) is 8.65. The van der Waals surface area contributed by atoms with Gasteiger partial charge in [-0.25, -0.2) is 0 Å². The van der Waals surface area contributed by atoms with E-state index in [9.17, 15) is 13.2 Å².